The van der Waals surface area contributed by atoms with Gasteiger partial charge in [0.25, 0.3) is 0 Å². The number of benzene rings is 1. The van der Waals surface area contributed by atoms with E-state index < -0.39 is 5.60 Å². The first-order valence-electron chi connectivity index (χ1n) is 11.4. The van der Waals surface area contributed by atoms with Gasteiger partial charge in [-0.3, -0.25) is 4.79 Å². The highest BCUT2D eigenvalue weighted by atomic mass is 32.1. The molecular formula is C24H27N5O4S. The number of hydrogen-bond acceptors (Lipinski definition) is 9. The predicted octanol–water partition coefficient (Wildman–Crippen LogP) is 4.23. The average Bonchev–Trinajstić information content (AvgIpc) is 3.29. The summed E-state index contributed by atoms with van der Waals surface area (Å²) in [5.74, 6) is 0.729. The summed E-state index contributed by atoms with van der Waals surface area (Å²) >= 11 is 1.47. The number of anilines is 3. The Bertz CT molecular complexity index is 1170. The van der Waals surface area contributed by atoms with E-state index in [9.17, 15) is 9.90 Å². The average molecular weight is 482 g/mol. The SMILES string of the molecule is CC(=O)Nc1cc(Nc2nccc(OC3CCOCC3)n2)cc(-c2cnc(C3(O)CCC3)s2)c1. The Morgan fingerprint density at radius 3 is 2.74 bits per heavy atom. The Hall–Kier alpha value is -3.08. The molecule has 2 fully saturated rings. The van der Waals surface area contributed by atoms with Crippen molar-refractivity contribution in [1.82, 2.24) is 15.0 Å². The summed E-state index contributed by atoms with van der Waals surface area (Å²) < 4.78 is 11.4. The molecule has 0 spiro atoms. The Morgan fingerprint density at radius 2 is 2.00 bits per heavy atom. The van der Waals surface area contributed by atoms with Crippen LogP contribution < -0.4 is 15.4 Å². The maximum atomic E-state index is 11.7. The monoisotopic (exact) mass is 481 g/mol. The second kappa shape index (κ2) is 9.65. The summed E-state index contributed by atoms with van der Waals surface area (Å²) in [7, 11) is 0. The second-order valence-electron chi connectivity index (χ2n) is 8.67. The first-order chi connectivity index (χ1) is 16.5. The van der Waals surface area contributed by atoms with Crippen LogP contribution in [-0.2, 0) is 15.1 Å². The number of carbonyl (C=O) groups is 1. The smallest absolute Gasteiger partial charge is 0.230 e. The predicted molar refractivity (Wildman–Crippen MR) is 129 cm³/mol. The van der Waals surface area contributed by atoms with E-state index in [4.69, 9.17) is 9.47 Å². The van der Waals surface area contributed by atoms with Gasteiger partial charge in [-0.2, -0.15) is 4.98 Å². The molecule has 1 aliphatic heterocycles. The lowest BCUT2D eigenvalue weighted by Gasteiger charge is -2.34. The fourth-order valence-corrected chi connectivity index (χ4v) is 5.08. The normalized spacial score (nSPS) is 17.6. The largest absolute Gasteiger partial charge is 0.474 e. The van der Waals surface area contributed by atoms with E-state index in [-0.39, 0.29) is 12.0 Å². The fraction of sp³-hybridized carbons (Fsp3) is 0.417. The first kappa shape index (κ1) is 22.7. The molecular weight excluding hydrogens is 454 g/mol. The third kappa shape index (κ3) is 5.19. The molecule has 1 amide bonds. The third-order valence-corrected chi connectivity index (χ3v) is 7.20. The molecule has 5 rings (SSSR count). The minimum atomic E-state index is -0.808. The van der Waals surface area contributed by atoms with Gasteiger partial charge >= 0.3 is 0 Å². The molecule has 0 atom stereocenters. The molecule has 2 aromatic heterocycles. The molecule has 0 bridgehead atoms. The van der Waals surface area contributed by atoms with Crippen LogP contribution in [0.5, 0.6) is 5.88 Å². The van der Waals surface area contributed by atoms with E-state index in [1.54, 1.807) is 18.5 Å². The number of aliphatic hydroxyl groups is 1. The standard InChI is InChI=1S/C24H27N5O4S/c1-15(30)27-17-11-16(20-14-26-22(34-20)24(31)6-2-7-24)12-18(13-17)28-23-25-8-3-21(29-23)33-19-4-9-32-10-5-19/h3,8,11-14,19,31H,2,4-7,9-10H2,1H3,(H,27,30)(H,25,28,29). The van der Waals surface area contributed by atoms with Crippen molar-refractivity contribution in [3.05, 3.63) is 41.7 Å². The number of amides is 1. The summed E-state index contributed by atoms with van der Waals surface area (Å²) in [4.78, 5) is 25.9. The Labute approximate surface area is 201 Å². The topological polar surface area (TPSA) is 118 Å². The third-order valence-electron chi connectivity index (χ3n) is 5.96. The van der Waals surface area contributed by atoms with Crippen molar-refractivity contribution in [2.45, 2.75) is 50.7 Å². The molecule has 9 nitrogen and oxygen atoms in total. The molecule has 10 heteroatoms. The summed E-state index contributed by atoms with van der Waals surface area (Å²) in [5.41, 5.74) is 1.41. The van der Waals surface area contributed by atoms with Gasteiger partial charge in [-0.05, 0) is 43.0 Å². The Kier molecular flexibility index (Phi) is 6.44. The van der Waals surface area contributed by atoms with E-state index in [0.717, 1.165) is 47.6 Å². The summed E-state index contributed by atoms with van der Waals surface area (Å²) in [5, 5.41) is 17.4. The molecule has 0 unspecified atom stereocenters. The van der Waals surface area contributed by atoms with Gasteiger partial charge in [0.15, 0.2) is 0 Å². The van der Waals surface area contributed by atoms with Gasteiger partial charge in [0, 0.05) is 49.6 Å². The van der Waals surface area contributed by atoms with Crippen molar-refractivity contribution in [1.29, 1.82) is 0 Å². The Balaban J connectivity index is 1.39. The lowest BCUT2D eigenvalue weighted by atomic mass is 9.81. The molecule has 1 saturated heterocycles. The van der Waals surface area contributed by atoms with Crippen LogP contribution in [0.4, 0.5) is 17.3 Å². The molecule has 1 aliphatic carbocycles. The van der Waals surface area contributed by atoms with E-state index in [2.05, 4.69) is 25.6 Å². The van der Waals surface area contributed by atoms with Crippen LogP contribution in [0, 0.1) is 0 Å². The summed E-state index contributed by atoms with van der Waals surface area (Å²) in [6.45, 7) is 2.85. The first-order valence-corrected chi connectivity index (χ1v) is 12.2. The molecule has 1 aromatic carbocycles. The quantitative estimate of drug-likeness (QED) is 0.459. The molecule has 3 N–H and O–H groups in total. The second-order valence-corrected chi connectivity index (χ2v) is 9.70. The maximum Gasteiger partial charge on any atom is 0.230 e. The highest BCUT2D eigenvalue weighted by Gasteiger charge is 2.39. The number of ether oxygens (including phenoxy) is 2. The molecule has 1 saturated carbocycles. The molecule has 2 aliphatic rings. The highest BCUT2D eigenvalue weighted by Crippen LogP contribution is 2.44. The van der Waals surface area contributed by atoms with E-state index in [1.165, 1.54) is 18.3 Å². The molecule has 178 valence electrons. The number of nitrogens with one attached hydrogen (secondary N) is 2. The van der Waals surface area contributed by atoms with Crippen LogP contribution in [0.1, 0.15) is 44.0 Å². The van der Waals surface area contributed by atoms with Crippen LogP contribution in [0.2, 0.25) is 0 Å². The molecule has 0 radical (unpaired) electrons. The van der Waals surface area contributed by atoms with E-state index in [1.807, 2.05) is 18.2 Å². The van der Waals surface area contributed by atoms with Crippen LogP contribution >= 0.6 is 11.3 Å². The highest BCUT2D eigenvalue weighted by molar-refractivity contribution is 7.15. The van der Waals surface area contributed by atoms with Gasteiger partial charge in [0.2, 0.25) is 17.7 Å². The molecule has 3 aromatic rings. The van der Waals surface area contributed by atoms with Crippen molar-refractivity contribution in [3.8, 4) is 16.3 Å². The number of carbonyl (C=O) groups excluding carboxylic acids is 1. The molecule has 3 heterocycles. The zero-order valence-electron chi connectivity index (χ0n) is 18.9. The maximum absolute atomic E-state index is 11.7. The number of hydrogen-bond donors (Lipinski definition) is 3. The fourth-order valence-electron chi connectivity index (χ4n) is 4.03. The van der Waals surface area contributed by atoms with Crippen LogP contribution in [0.3, 0.4) is 0 Å². The van der Waals surface area contributed by atoms with Gasteiger partial charge < -0.3 is 25.2 Å². The van der Waals surface area contributed by atoms with Crippen molar-refractivity contribution in [2.75, 3.05) is 23.8 Å². The Morgan fingerprint density at radius 1 is 1.21 bits per heavy atom. The van der Waals surface area contributed by atoms with Gasteiger partial charge in [0.1, 0.15) is 16.7 Å². The number of thiazole rings is 1. The summed E-state index contributed by atoms with van der Waals surface area (Å²) in [6, 6.07) is 7.40. The zero-order chi connectivity index (χ0) is 23.5. The van der Waals surface area contributed by atoms with Crippen molar-refractivity contribution < 1.29 is 19.4 Å². The van der Waals surface area contributed by atoms with Crippen LogP contribution in [0.15, 0.2) is 36.7 Å². The van der Waals surface area contributed by atoms with Crippen LogP contribution in [0.25, 0.3) is 10.4 Å². The number of nitrogens with zero attached hydrogens (tertiary/aromatic N) is 3. The van der Waals surface area contributed by atoms with Crippen LogP contribution in [-0.4, -0.2) is 45.3 Å². The zero-order valence-corrected chi connectivity index (χ0v) is 19.7. The number of aromatic nitrogens is 3. The van der Waals surface area contributed by atoms with Gasteiger partial charge in [-0.15, -0.1) is 11.3 Å². The van der Waals surface area contributed by atoms with Crippen molar-refractivity contribution in [2.24, 2.45) is 0 Å². The lowest BCUT2D eigenvalue weighted by Crippen LogP contribution is -2.33. The number of rotatable bonds is 7. The van der Waals surface area contributed by atoms with E-state index >= 15 is 0 Å². The van der Waals surface area contributed by atoms with E-state index in [0.29, 0.717) is 36.4 Å². The van der Waals surface area contributed by atoms with Gasteiger partial charge in [-0.1, -0.05) is 0 Å². The van der Waals surface area contributed by atoms with Gasteiger partial charge in [0.05, 0.1) is 18.1 Å². The minimum Gasteiger partial charge on any atom is -0.474 e. The molecule has 34 heavy (non-hydrogen) atoms. The van der Waals surface area contributed by atoms with Crippen molar-refractivity contribution >= 4 is 34.6 Å². The van der Waals surface area contributed by atoms with Crippen molar-refractivity contribution in [3.63, 3.8) is 0 Å². The summed E-state index contributed by atoms with van der Waals surface area (Å²) in [6.07, 6.45) is 7.65. The lowest BCUT2D eigenvalue weighted by molar-refractivity contribution is -0.114. The van der Waals surface area contributed by atoms with Gasteiger partial charge in [-0.25, -0.2) is 9.97 Å². The minimum absolute atomic E-state index is 0.0807.